The first-order valence-electron chi connectivity index (χ1n) is 11.4. The monoisotopic (exact) mass is 568 g/mol. The van der Waals surface area contributed by atoms with Crippen LogP contribution in [0.5, 0.6) is 5.75 Å². The molecule has 192 valence electrons. The Labute approximate surface area is 220 Å². The number of hydrogen-bond acceptors (Lipinski definition) is 7. The number of carbonyl (C=O) groups is 3. The smallest absolute Gasteiger partial charge is 0.344 e. The molecule has 0 aliphatic heterocycles. The van der Waals surface area contributed by atoms with Gasteiger partial charge < -0.3 is 24.8 Å². The normalized spacial score (nSPS) is 10.9. The summed E-state index contributed by atoms with van der Waals surface area (Å²) in [6.45, 7) is 5.78. The zero-order chi connectivity index (χ0) is 26.5. The standard InChI is InChI=1S/C25H25BrN6O5/c1-13(2)10-37-19(33)11-36-18-6-4-5-16-20(18)31-25(30-16)32-24(35)22-21(27-12-28-22)23(34)29-17-9-15(26)8-7-14(17)3/h4-9,12-13H,10-11H2,1-3H3,(H,27,28)(H,29,34)(H2,30,31,32,35). The number of halogens is 1. The van der Waals surface area contributed by atoms with E-state index in [1.807, 2.05) is 32.9 Å². The van der Waals surface area contributed by atoms with Crippen molar-refractivity contribution >= 4 is 56.4 Å². The second-order valence-corrected chi connectivity index (χ2v) is 9.51. The van der Waals surface area contributed by atoms with Crippen LogP contribution in [-0.2, 0) is 9.53 Å². The maximum Gasteiger partial charge on any atom is 0.344 e. The van der Waals surface area contributed by atoms with Gasteiger partial charge in [-0.15, -0.1) is 0 Å². The Balaban J connectivity index is 1.46. The van der Waals surface area contributed by atoms with E-state index in [-0.39, 0.29) is 29.9 Å². The summed E-state index contributed by atoms with van der Waals surface area (Å²) in [6, 6.07) is 10.6. The maximum absolute atomic E-state index is 12.9. The Kier molecular flexibility index (Phi) is 7.87. The average molecular weight is 569 g/mol. The van der Waals surface area contributed by atoms with Crippen LogP contribution in [0.1, 0.15) is 40.4 Å². The van der Waals surface area contributed by atoms with Crippen LogP contribution in [0.25, 0.3) is 11.0 Å². The fourth-order valence-corrected chi connectivity index (χ4v) is 3.70. The molecule has 0 saturated heterocycles. The molecule has 0 aliphatic rings. The second-order valence-electron chi connectivity index (χ2n) is 8.59. The van der Waals surface area contributed by atoms with Gasteiger partial charge in [-0.3, -0.25) is 14.9 Å². The van der Waals surface area contributed by atoms with Crippen LogP contribution < -0.4 is 15.4 Å². The van der Waals surface area contributed by atoms with E-state index in [0.29, 0.717) is 29.1 Å². The summed E-state index contributed by atoms with van der Waals surface area (Å²) in [5.41, 5.74) is 2.34. The number of hydrogen-bond donors (Lipinski definition) is 4. The highest BCUT2D eigenvalue weighted by Gasteiger charge is 2.22. The van der Waals surface area contributed by atoms with Crippen molar-refractivity contribution in [2.45, 2.75) is 20.8 Å². The van der Waals surface area contributed by atoms with Gasteiger partial charge in [-0.25, -0.2) is 14.8 Å². The number of benzene rings is 2. The molecular formula is C25H25BrN6O5. The van der Waals surface area contributed by atoms with Gasteiger partial charge in [0.25, 0.3) is 11.8 Å². The van der Waals surface area contributed by atoms with E-state index in [4.69, 9.17) is 9.47 Å². The van der Waals surface area contributed by atoms with Crippen LogP contribution in [0, 0.1) is 12.8 Å². The van der Waals surface area contributed by atoms with Crippen LogP contribution in [0.2, 0.25) is 0 Å². The summed E-state index contributed by atoms with van der Waals surface area (Å²) in [5, 5.41) is 5.40. The number of imidazole rings is 2. The van der Waals surface area contributed by atoms with Crippen molar-refractivity contribution in [2.75, 3.05) is 23.8 Å². The number of rotatable bonds is 9. The summed E-state index contributed by atoms with van der Waals surface area (Å²) >= 11 is 3.38. The van der Waals surface area contributed by atoms with Crippen molar-refractivity contribution in [3.05, 3.63) is 64.1 Å². The molecule has 4 aromatic rings. The SMILES string of the molecule is Cc1ccc(Br)cc1NC(=O)c1[nH]cnc1C(=O)Nc1nc2cccc(OCC(=O)OCC(C)C)c2[nH]1. The molecule has 0 unspecified atom stereocenters. The lowest BCUT2D eigenvalue weighted by Gasteiger charge is -2.09. The third kappa shape index (κ3) is 6.33. The summed E-state index contributed by atoms with van der Waals surface area (Å²) in [7, 11) is 0. The highest BCUT2D eigenvalue weighted by Crippen LogP contribution is 2.26. The molecule has 4 rings (SSSR count). The van der Waals surface area contributed by atoms with Crippen molar-refractivity contribution < 1.29 is 23.9 Å². The van der Waals surface area contributed by atoms with Gasteiger partial charge >= 0.3 is 5.97 Å². The minimum Gasteiger partial charge on any atom is -0.480 e. The van der Waals surface area contributed by atoms with Gasteiger partial charge in [-0.05, 0) is 42.7 Å². The first-order chi connectivity index (χ1) is 17.7. The number of aromatic amines is 2. The van der Waals surface area contributed by atoms with E-state index in [0.717, 1.165) is 10.0 Å². The van der Waals surface area contributed by atoms with Gasteiger partial charge in [0.05, 0.1) is 18.5 Å². The summed E-state index contributed by atoms with van der Waals surface area (Å²) in [6.07, 6.45) is 1.26. The second kappa shape index (κ2) is 11.2. The number of nitrogens with one attached hydrogen (secondary N) is 4. The highest BCUT2D eigenvalue weighted by atomic mass is 79.9. The van der Waals surface area contributed by atoms with Gasteiger partial charge in [0.15, 0.2) is 12.3 Å². The summed E-state index contributed by atoms with van der Waals surface area (Å²) in [4.78, 5) is 51.7. The molecule has 2 aromatic carbocycles. The largest absolute Gasteiger partial charge is 0.480 e. The molecule has 2 heterocycles. The van der Waals surface area contributed by atoms with Crippen LogP contribution in [-0.4, -0.2) is 50.9 Å². The van der Waals surface area contributed by atoms with Gasteiger partial charge in [0.1, 0.15) is 17.0 Å². The number of carbonyl (C=O) groups excluding carboxylic acids is 3. The molecule has 0 saturated carbocycles. The number of amides is 2. The Hall–Kier alpha value is -4.19. The molecule has 4 N–H and O–H groups in total. The number of anilines is 2. The number of esters is 1. The Morgan fingerprint density at radius 1 is 1.11 bits per heavy atom. The molecule has 0 aliphatic carbocycles. The molecule has 2 aromatic heterocycles. The molecule has 2 amide bonds. The van der Waals surface area contributed by atoms with Gasteiger partial charge in [0.2, 0.25) is 5.95 Å². The third-order valence-electron chi connectivity index (χ3n) is 5.16. The zero-order valence-corrected chi connectivity index (χ0v) is 21.9. The number of nitrogens with zero attached hydrogens (tertiary/aromatic N) is 2. The third-order valence-corrected chi connectivity index (χ3v) is 5.66. The summed E-state index contributed by atoms with van der Waals surface area (Å²) in [5.74, 6) is -0.936. The van der Waals surface area contributed by atoms with Crippen LogP contribution in [0.15, 0.2) is 47.2 Å². The average Bonchev–Trinajstić information content (AvgIpc) is 3.51. The number of fused-ring (bicyclic) bond motifs is 1. The molecule has 0 atom stereocenters. The predicted molar refractivity (Wildman–Crippen MR) is 141 cm³/mol. The van der Waals surface area contributed by atoms with Crippen LogP contribution >= 0.6 is 15.9 Å². The van der Waals surface area contributed by atoms with E-state index >= 15 is 0 Å². The molecule has 0 bridgehead atoms. The number of para-hydroxylation sites is 1. The van der Waals surface area contributed by atoms with Crippen molar-refractivity contribution in [3.63, 3.8) is 0 Å². The molecule has 12 heteroatoms. The first-order valence-corrected chi connectivity index (χ1v) is 12.2. The quantitative estimate of drug-likeness (QED) is 0.218. The molecule has 0 radical (unpaired) electrons. The Bertz CT molecular complexity index is 1460. The van der Waals surface area contributed by atoms with E-state index in [9.17, 15) is 14.4 Å². The molecule has 11 nitrogen and oxygen atoms in total. The van der Waals surface area contributed by atoms with Crippen LogP contribution in [0.4, 0.5) is 11.6 Å². The van der Waals surface area contributed by atoms with Gasteiger partial charge in [-0.1, -0.05) is 41.9 Å². The Morgan fingerprint density at radius 3 is 2.70 bits per heavy atom. The van der Waals surface area contributed by atoms with E-state index in [1.165, 1.54) is 6.33 Å². The number of aromatic nitrogens is 4. The maximum atomic E-state index is 12.9. The van der Waals surface area contributed by atoms with Crippen molar-refractivity contribution in [1.29, 1.82) is 0 Å². The van der Waals surface area contributed by atoms with Crippen molar-refractivity contribution in [3.8, 4) is 5.75 Å². The Morgan fingerprint density at radius 2 is 1.92 bits per heavy atom. The minimum atomic E-state index is -0.642. The van der Waals surface area contributed by atoms with Crippen molar-refractivity contribution in [2.24, 2.45) is 5.92 Å². The number of H-pyrrole nitrogens is 2. The van der Waals surface area contributed by atoms with Crippen LogP contribution in [0.3, 0.4) is 0 Å². The van der Waals surface area contributed by atoms with Gasteiger partial charge in [-0.2, -0.15) is 0 Å². The lowest BCUT2D eigenvalue weighted by atomic mass is 10.2. The van der Waals surface area contributed by atoms with E-state index < -0.39 is 17.8 Å². The molecule has 37 heavy (non-hydrogen) atoms. The van der Waals surface area contributed by atoms with Gasteiger partial charge in [0, 0.05) is 10.2 Å². The summed E-state index contributed by atoms with van der Waals surface area (Å²) < 4.78 is 11.5. The molecule has 0 spiro atoms. The van der Waals surface area contributed by atoms with Crippen molar-refractivity contribution in [1.82, 2.24) is 19.9 Å². The fraction of sp³-hybridized carbons (Fsp3) is 0.240. The molecular weight excluding hydrogens is 544 g/mol. The number of aryl methyl sites for hydroxylation is 1. The predicted octanol–water partition coefficient (Wildman–Crippen LogP) is 4.44. The molecule has 0 fully saturated rings. The van der Waals surface area contributed by atoms with E-state index in [1.54, 1.807) is 24.3 Å². The lowest BCUT2D eigenvalue weighted by molar-refractivity contribution is -0.147. The zero-order valence-electron chi connectivity index (χ0n) is 20.3. The minimum absolute atomic E-state index is 0.00285. The first kappa shape index (κ1) is 25.9. The topological polar surface area (TPSA) is 151 Å². The number of ether oxygens (including phenoxy) is 2. The fourth-order valence-electron chi connectivity index (χ4n) is 3.34. The van der Waals surface area contributed by atoms with E-state index in [2.05, 4.69) is 46.5 Å². The lowest BCUT2D eigenvalue weighted by Crippen LogP contribution is -2.21. The highest BCUT2D eigenvalue weighted by molar-refractivity contribution is 9.10.